The monoisotopic (exact) mass is 507 g/mol. The number of phenols is 1. The molecule has 4 aromatic carbocycles. The summed E-state index contributed by atoms with van der Waals surface area (Å²) in [5, 5.41) is 24.7. The van der Waals surface area contributed by atoms with Crippen molar-refractivity contribution in [1.29, 1.82) is 0 Å². The van der Waals surface area contributed by atoms with Crippen LogP contribution >= 0.6 is 0 Å². The van der Waals surface area contributed by atoms with Crippen molar-refractivity contribution in [2.45, 2.75) is 13.8 Å². The molecule has 38 heavy (non-hydrogen) atoms. The molecule has 8 heteroatoms. The number of ether oxygens (including phenoxy) is 1. The number of nitrogens with one attached hydrogen (secondary N) is 1. The zero-order chi connectivity index (χ0) is 27.0. The van der Waals surface area contributed by atoms with Gasteiger partial charge in [-0.25, -0.2) is 4.79 Å². The molecule has 8 nitrogen and oxygen atoms in total. The Morgan fingerprint density at radius 3 is 2.45 bits per heavy atom. The van der Waals surface area contributed by atoms with E-state index in [0.29, 0.717) is 33.8 Å². The third-order valence-corrected chi connectivity index (χ3v) is 6.60. The minimum Gasteiger partial charge on any atom is -0.505 e. The number of aromatic carboxylic acids is 1. The van der Waals surface area contributed by atoms with Gasteiger partial charge in [-0.2, -0.15) is 5.10 Å². The highest BCUT2D eigenvalue weighted by Gasteiger charge is 2.36. The number of carbonyl (C=O) groups excluding carboxylic acids is 1. The maximum atomic E-state index is 13.7. The average molecular weight is 508 g/mol. The molecule has 190 valence electrons. The number of aryl methyl sites for hydroxylation is 2. The number of para-hydroxylation sites is 1. The summed E-state index contributed by atoms with van der Waals surface area (Å²) in [7, 11) is 1.57. The molecule has 1 heterocycles. The summed E-state index contributed by atoms with van der Waals surface area (Å²) in [6, 6.07) is 22.4. The van der Waals surface area contributed by atoms with Gasteiger partial charge < -0.3 is 14.9 Å². The van der Waals surface area contributed by atoms with Gasteiger partial charge in [-0.15, -0.1) is 0 Å². The predicted molar refractivity (Wildman–Crippen MR) is 147 cm³/mol. The summed E-state index contributed by atoms with van der Waals surface area (Å²) in [5.41, 5.74) is 8.49. The Kier molecular flexibility index (Phi) is 6.30. The number of hydrogen-bond donors (Lipinski definition) is 3. The fourth-order valence-corrected chi connectivity index (χ4v) is 4.39. The summed E-state index contributed by atoms with van der Waals surface area (Å²) >= 11 is 0. The first-order chi connectivity index (χ1) is 18.3. The van der Waals surface area contributed by atoms with Crippen molar-refractivity contribution < 1.29 is 24.5 Å². The Morgan fingerprint density at radius 2 is 1.71 bits per heavy atom. The van der Waals surface area contributed by atoms with Crippen molar-refractivity contribution in [3.8, 4) is 22.6 Å². The molecular formula is C30H25N3O5. The minimum atomic E-state index is -1.06. The van der Waals surface area contributed by atoms with Crippen molar-refractivity contribution in [3.05, 3.63) is 101 Å². The fraction of sp³-hybridized carbons (Fsp3) is 0.100. The third-order valence-electron chi connectivity index (χ3n) is 6.60. The molecule has 1 aliphatic rings. The van der Waals surface area contributed by atoms with E-state index in [1.54, 1.807) is 60.5 Å². The molecule has 0 saturated carbocycles. The second-order valence-corrected chi connectivity index (χ2v) is 8.95. The van der Waals surface area contributed by atoms with Crippen LogP contribution in [0.25, 0.3) is 11.1 Å². The van der Waals surface area contributed by atoms with Crippen LogP contribution in [-0.2, 0) is 4.79 Å². The number of fused-ring (bicyclic) bond motifs is 1. The molecule has 3 N–H and O–H groups in total. The zero-order valence-corrected chi connectivity index (χ0v) is 21.0. The number of methoxy groups -OCH3 is 1. The van der Waals surface area contributed by atoms with E-state index in [0.717, 1.165) is 11.1 Å². The smallest absolute Gasteiger partial charge is 0.335 e. The lowest BCUT2D eigenvalue weighted by Gasteiger charge is -2.18. The number of benzene rings is 4. The topological polar surface area (TPSA) is 111 Å². The number of rotatable bonds is 6. The van der Waals surface area contributed by atoms with Crippen LogP contribution in [-0.4, -0.2) is 34.9 Å². The lowest BCUT2D eigenvalue weighted by molar-refractivity contribution is -0.111. The van der Waals surface area contributed by atoms with E-state index in [-0.39, 0.29) is 28.6 Å². The Hall–Kier alpha value is -5.11. The van der Waals surface area contributed by atoms with Gasteiger partial charge in [0.15, 0.2) is 5.71 Å². The van der Waals surface area contributed by atoms with E-state index in [1.807, 2.05) is 32.0 Å². The van der Waals surface area contributed by atoms with Gasteiger partial charge in [-0.05, 0) is 73.0 Å². The van der Waals surface area contributed by atoms with Crippen LogP contribution in [0.1, 0.15) is 27.0 Å². The molecule has 0 unspecified atom stereocenters. The van der Waals surface area contributed by atoms with Gasteiger partial charge in [0.25, 0.3) is 5.91 Å². The molecule has 1 amide bonds. The van der Waals surface area contributed by atoms with Crippen LogP contribution in [0.15, 0.2) is 84.0 Å². The van der Waals surface area contributed by atoms with Crippen molar-refractivity contribution >= 4 is 34.7 Å². The first-order valence-electron chi connectivity index (χ1n) is 11.9. The molecule has 0 bridgehead atoms. The van der Waals surface area contributed by atoms with Crippen molar-refractivity contribution in [2.75, 3.05) is 17.4 Å². The SMILES string of the molecule is COc1ccc2c(c1)N(c1ccc(C)c(C)c1)C(=O)/C2=N\Nc1cccc(-c2cccc(C(=O)O)c2)c1O. The third kappa shape index (κ3) is 4.32. The van der Waals surface area contributed by atoms with Gasteiger partial charge in [0, 0.05) is 22.9 Å². The number of amides is 1. The molecule has 0 radical (unpaired) electrons. The Bertz CT molecular complexity index is 1630. The van der Waals surface area contributed by atoms with Gasteiger partial charge in [-0.1, -0.05) is 30.3 Å². The first kappa shape index (κ1) is 24.6. The van der Waals surface area contributed by atoms with E-state index >= 15 is 0 Å². The molecular weight excluding hydrogens is 482 g/mol. The maximum Gasteiger partial charge on any atom is 0.335 e. The Balaban J connectivity index is 1.54. The number of carboxylic acid groups (broad SMARTS) is 1. The van der Waals surface area contributed by atoms with Crippen LogP contribution in [0.3, 0.4) is 0 Å². The predicted octanol–water partition coefficient (Wildman–Crippen LogP) is 5.88. The summed E-state index contributed by atoms with van der Waals surface area (Å²) in [6.45, 7) is 4.00. The van der Waals surface area contributed by atoms with Crippen molar-refractivity contribution in [2.24, 2.45) is 5.10 Å². The standard InChI is InChI=1S/C30H25N3O5/c1-17-10-11-21(14-18(17)2)33-26-16-22(38-3)12-13-24(26)27(29(33)35)32-31-25-9-5-8-23(28(25)34)19-6-4-7-20(15-19)30(36)37/h4-16,31,34H,1-3H3,(H,36,37)/b32-27-. The highest BCUT2D eigenvalue weighted by molar-refractivity contribution is 6.55. The van der Waals surface area contributed by atoms with E-state index in [1.165, 1.54) is 12.1 Å². The first-order valence-corrected chi connectivity index (χ1v) is 11.9. The summed E-state index contributed by atoms with van der Waals surface area (Å²) in [6.07, 6.45) is 0. The number of anilines is 3. The average Bonchev–Trinajstić information content (AvgIpc) is 3.19. The number of aromatic hydroxyl groups is 1. The zero-order valence-electron chi connectivity index (χ0n) is 21.0. The van der Waals surface area contributed by atoms with Crippen LogP contribution in [0.4, 0.5) is 17.1 Å². The maximum absolute atomic E-state index is 13.7. The van der Waals surface area contributed by atoms with Gasteiger partial charge in [0.2, 0.25) is 0 Å². The Morgan fingerprint density at radius 1 is 0.921 bits per heavy atom. The number of carboxylic acids is 1. The molecule has 1 aliphatic heterocycles. The van der Waals surface area contributed by atoms with Gasteiger partial charge in [0.1, 0.15) is 11.5 Å². The lowest BCUT2D eigenvalue weighted by atomic mass is 10.0. The number of hydrazone groups is 1. The molecule has 0 aliphatic carbocycles. The number of phenolic OH excluding ortho intramolecular Hbond substituents is 1. The molecule has 5 rings (SSSR count). The van der Waals surface area contributed by atoms with Crippen molar-refractivity contribution in [3.63, 3.8) is 0 Å². The minimum absolute atomic E-state index is 0.107. The highest BCUT2D eigenvalue weighted by Crippen LogP contribution is 2.40. The summed E-state index contributed by atoms with van der Waals surface area (Å²) < 4.78 is 5.40. The number of carbonyl (C=O) groups is 2. The Labute approximate surface area is 219 Å². The molecule has 0 spiro atoms. The van der Waals surface area contributed by atoms with Crippen LogP contribution < -0.4 is 15.1 Å². The molecule has 0 saturated heterocycles. The number of hydrogen-bond acceptors (Lipinski definition) is 6. The van der Waals surface area contributed by atoms with Gasteiger partial charge >= 0.3 is 5.97 Å². The molecule has 0 aromatic heterocycles. The highest BCUT2D eigenvalue weighted by atomic mass is 16.5. The number of nitrogens with zero attached hydrogens (tertiary/aromatic N) is 2. The second kappa shape index (κ2) is 9.74. The van der Waals surface area contributed by atoms with Crippen LogP contribution in [0.2, 0.25) is 0 Å². The largest absolute Gasteiger partial charge is 0.505 e. The van der Waals surface area contributed by atoms with Crippen LogP contribution in [0, 0.1) is 13.8 Å². The summed E-state index contributed by atoms with van der Waals surface area (Å²) in [5.74, 6) is -0.900. The fourth-order valence-electron chi connectivity index (χ4n) is 4.39. The molecule has 4 aromatic rings. The van der Waals surface area contributed by atoms with E-state index < -0.39 is 5.97 Å². The van der Waals surface area contributed by atoms with E-state index in [2.05, 4.69) is 10.5 Å². The van der Waals surface area contributed by atoms with E-state index in [4.69, 9.17) is 4.74 Å². The second-order valence-electron chi connectivity index (χ2n) is 8.95. The quantitative estimate of drug-likeness (QED) is 0.222. The normalized spacial score (nSPS) is 13.5. The van der Waals surface area contributed by atoms with Gasteiger partial charge in [-0.3, -0.25) is 15.1 Å². The van der Waals surface area contributed by atoms with Crippen LogP contribution in [0.5, 0.6) is 11.5 Å². The van der Waals surface area contributed by atoms with Crippen molar-refractivity contribution in [1.82, 2.24) is 0 Å². The summed E-state index contributed by atoms with van der Waals surface area (Å²) in [4.78, 5) is 26.6. The van der Waals surface area contributed by atoms with Gasteiger partial charge in [0.05, 0.1) is 24.0 Å². The molecule has 0 fully saturated rings. The lowest BCUT2D eigenvalue weighted by Crippen LogP contribution is -2.26. The van der Waals surface area contributed by atoms with E-state index in [9.17, 15) is 19.8 Å². The molecule has 0 atom stereocenters.